The van der Waals surface area contributed by atoms with Crippen molar-refractivity contribution in [1.82, 2.24) is 0 Å². The van der Waals surface area contributed by atoms with E-state index in [2.05, 4.69) is 20.8 Å². The van der Waals surface area contributed by atoms with Gasteiger partial charge >= 0.3 is 0 Å². The average molecular weight is 311 g/mol. The Morgan fingerprint density at radius 3 is 1.00 bits per heavy atom. The Bertz CT molecular complexity index is 184. The van der Waals surface area contributed by atoms with Gasteiger partial charge in [-0.2, -0.15) is 0 Å². The van der Waals surface area contributed by atoms with Crippen molar-refractivity contribution in [2.24, 2.45) is 5.92 Å². The molecular formula is C22H46. The molecule has 0 spiro atoms. The summed E-state index contributed by atoms with van der Waals surface area (Å²) in [6.07, 6.45) is 26.3. The van der Waals surface area contributed by atoms with Gasteiger partial charge in [-0.1, -0.05) is 136 Å². The molecule has 0 fully saturated rings. The van der Waals surface area contributed by atoms with Gasteiger partial charge < -0.3 is 0 Å². The van der Waals surface area contributed by atoms with Crippen LogP contribution in [0.2, 0.25) is 0 Å². The van der Waals surface area contributed by atoms with Crippen LogP contribution in [0.5, 0.6) is 0 Å². The molecule has 0 saturated heterocycles. The van der Waals surface area contributed by atoms with E-state index in [-0.39, 0.29) is 0 Å². The third-order valence-electron chi connectivity index (χ3n) is 5.10. The first kappa shape index (κ1) is 22.0. The van der Waals surface area contributed by atoms with E-state index in [1.54, 1.807) is 0 Å². The van der Waals surface area contributed by atoms with Gasteiger partial charge in [0, 0.05) is 0 Å². The summed E-state index contributed by atoms with van der Waals surface area (Å²) in [5.74, 6) is 0.972. The van der Waals surface area contributed by atoms with E-state index in [1.165, 1.54) is 116 Å². The summed E-state index contributed by atoms with van der Waals surface area (Å²) >= 11 is 0. The molecule has 0 heterocycles. The molecule has 0 aromatic heterocycles. The highest BCUT2D eigenvalue weighted by Gasteiger charge is 2.02. The highest BCUT2D eigenvalue weighted by molar-refractivity contribution is 4.55. The van der Waals surface area contributed by atoms with Crippen LogP contribution in [0, 0.1) is 5.92 Å². The van der Waals surface area contributed by atoms with Crippen LogP contribution in [0.15, 0.2) is 0 Å². The maximum atomic E-state index is 2.47. The third-order valence-corrected chi connectivity index (χ3v) is 5.10. The van der Waals surface area contributed by atoms with Crippen molar-refractivity contribution in [2.75, 3.05) is 0 Å². The zero-order valence-corrected chi connectivity index (χ0v) is 16.3. The summed E-state index contributed by atoms with van der Waals surface area (Å²) < 4.78 is 0. The lowest BCUT2D eigenvalue weighted by Gasteiger charge is -2.11. The summed E-state index contributed by atoms with van der Waals surface area (Å²) in [6.45, 7) is 7.07. The normalized spacial score (nSPS) is 12.7. The molecule has 0 rings (SSSR count). The lowest BCUT2D eigenvalue weighted by atomic mass is 9.96. The van der Waals surface area contributed by atoms with Crippen LogP contribution in [0.3, 0.4) is 0 Å². The largest absolute Gasteiger partial charge is 0.0654 e. The Labute approximate surface area is 142 Å². The average Bonchev–Trinajstić information content (AvgIpc) is 2.52. The first-order valence-corrected chi connectivity index (χ1v) is 10.8. The quantitative estimate of drug-likeness (QED) is 0.222. The zero-order valence-electron chi connectivity index (χ0n) is 16.3. The molecule has 0 N–H and O–H groups in total. The fourth-order valence-corrected chi connectivity index (χ4v) is 3.40. The Morgan fingerprint density at radius 1 is 0.409 bits per heavy atom. The van der Waals surface area contributed by atoms with E-state index >= 15 is 0 Å². The summed E-state index contributed by atoms with van der Waals surface area (Å²) in [4.78, 5) is 0. The van der Waals surface area contributed by atoms with E-state index in [9.17, 15) is 0 Å². The number of unbranched alkanes of at least 4 members (excludes halogenated alkanes) is 14. The van der Waals surface area contributed by atoms with Crippen LogP contribution in [0.25, 0.3) is 0 Å². The van der Waals surface area contributed by atoms with Crippen LogP contribution in [-0.2, 0) is 0 Å². The van der Waals surface area contributed by atoms with Crippen molar-refractivity contribution in [3.8, 4) is 0 Å². The summed E-state index contributed by atoms with van der Waals surface area (Å²) in [5, 5.41) is 0. The van der Waals surface area contributed by atoms with Gasteiger partial charge in [0.1, 0.15) is 0 Å². The van der Waals surface area contributed by atoms with Crippen molar-refractivity contribution in [3.63, 3.8) is 0 Å². The van der Waals surface area contributed by atoms with E-state index in [1.807, 2.05) is 0 Å². The monoisotopic (exact) mass is 310 g/mol. The Hall–Kier alpha value is 0. The summed E-state index contributed by atoms with van der Waals surface area (Å²) in [5.41, 5.74) is 0. The number of rotatable bonds is 18. The van der Waals surface area contributed by atoms with E-state index in [0.717, 1.165) is 5.92 Å². The SMILES string of the molecule is CCCCCCCCCCCCC[C@@H](C)CCCCCCC. The summed E-state index contributed by atoms with van der Waals surface area (Å²) in [6, 6.07) is 0. The highest BCUT2D eigenvalue weighted by Crippen LogP contribution is 2.18. The van der Waals surface area contributed by atoms with Crippen molar-refractivity contribution in [1.29, 1.82) is 0 Å². The molecule has 0 heteroatoms. The standard InChI is InChI=1S/C22H46/c1-4-6-8-10-11-12-13-14-15-17-19-21-22(3)20-18-16-9-7-5-2/h22H,4-21H2,1-3H3/t22-/m0/s1. The highest BCUT2D eigenvalue weighted by atomic mass is 14.1. The topological polar surface area (TPSA) is 0 Å². The molecule has 0 nitrogen and oxygen atoms in total. The molecule has 0 amide bonds. The molecule has 0 aliphatic carbocycles. The maximum Gasteiger partial charge on any atom is -0.0443 e. The first-order valence-electron chi connectivity index (χ1n) is 10.8. The number of hydrogen-bond donors (Lipinski definition) is 0. The van der Waals surface area contributed by atoms with Crippen molar-refractivity contribution in [3.05, 3.63) is 0 Å². The van der Waals surface area contributed by atoms with Crippen LogP contribution in [0.4, 0.5) is 0 Å². The van der Waals surface area contributed by atoms with E-state index in [4.69, 9.17) is 0 Å². The molecular weight excluding hydrogens is 264 g/mol. The molecule has 134 valence electrons. The molecule has 0 aromatic rings. The van der Waals surface area contributed by atoms with Crippen molar-refractivity contribution >= 4 is 0 Å². The molecule has 0 radical (unpaired) electrons. The minimum Gasteiger partial charge on any atom is -0.0654 e. The van der Waals surface area contributed by atoms with Gasteiger partial charge in [0.2, 0.25) is 0 Å². The molecule has 0 bridgehead atoms. The number of hydrogen-bond acceptors (Lipinski definition) is 0. The lowest BCUT2D eigenvalue weighted by Crippen LogP contribution is -1.95. The molecule has 0 aliphatic rings. The van der Waals surface area contributed by atoms with E-state index < -0.39 is 0 Å². The minimum absolute atomic E-state index is 0.972. The fourth-order valence-electron chi connectivity index (χ4n) is 3.40. The van der Waals surface area contributed by atoms with Crippen LogP contribution < -0.4 is 0 Å². The van der Waals surface area contributed by atoms with Gasteiger partial charge in [0.25, 0.3) is 0 Å². The smallest absolute Gasteiger partial charge is 0.0443 e. The predicted octanol–water partition coefficient (Wildman–Crippen LogP) is 8.68. The van der Waals surface area contributed by atoms with Crippen LogP contribution in [0.1, 0.15) is 136 Å². The lowest BCUT2D eigenvalue weighted by molar-refractivity contribution is 0.431. The molecule has 22 heavy (non-hydrogen) atoms. The van der Waals surface area contributed by atoms with Crippen molar-refractivity contribution < 1.29 is 0 Å². The Kier molecular flexibility index (Phi) is 19.0. The second-order valence-corrected chi connectivity index (χ2v) is 7.63. The fraction of sp³-hybridized carbons (Fsp3) is 1.00. The second kappa shape index (κ2) is 19.0. The van der Waals surface area contributed by atoms with Crippen molar-refractivity contribution in [2.45, 2.75) is 136 Å². The third kappa shape index (κ3) is 18.1. The predicted molar refractivity (Wildman–Crippen MR) is 104 cm³/mol. The van der Waals surface area contributed by atoms with Gasteiger partial charge in [0.05, 0.1) is 0 Å². The Balaban J connectivity index is 3.09. The van der Waals surface area contributed by atoms with Gasteiger partial charge in [-0.25, -0.2) is 0 Å². The Morgan fingerprint density at radius 2 is 0.682 bits per heavy atom. The van der Waals surface area contributed by atoms with Crippen LogP contribution >= 0.6 is 0 Å². The molecule has 0 aliphatic heterocycles. The molecule has 0 saturated carbocycles. The second-order valence-electron chi connectivity index (χ2n) is 7.63. The molecule has 0 unspecified atom stereocenters. The minimum atomic E-state index is 0.972. The van der Waals surface area contributed by atoms with Gasteiger partial charge in [-0.3, -0.25) is 0 Å². The summed E-state index contributed by atoms with van der Waals surface area (Å²) in [7, 11) is 0. The van der Waals surface area contributed by atoms with Gasteiger partial charge in [-0.05, 0) is 5.92 Å². The van der Waals surface area contributed by atoms with Crippen LogP contribution in [-0.4, -0.2) is 0 Å². The first-order chi connectivity index (χ1) is 10.8. The van der Waals surface area contributed by atoms with Gasteiger partial charge in [0.15, 0.2) is 0 Å². The zero-order chi connectivity index (χ0) is 16.3. The maximum absolute atomic E-state index is 2.47. The van der Waals surface area contributed by atoms with Gasteiger partial charge in [-0.15, -0.1) is 0 Å². The molecule has 1 atom stereocenters. The van der Waals surface area contributed by atoms with E-state index in [0.29, 0.717) is 0 Å². The molecule has 0 aromatic carbocycles.